The van der Waals surface area contributed by atoms with Crippen molar-refractivity contribution in [3.63, 3.8) is 0 Å². The van der Waals surface area contributed by atoms with Crippen molar-refractivity contribution in [2.75, 3.05) is 26.3 Å². The van der Waals surface area contributed by atoms with Gasteiger partial charge in [-0.15, -0.1) is 5.92 Å². The predicted octanol–water partition coefficient (Wildman–Crippen LogP) is 1.48. The van der Waals surface area contributed by atoms with Gasteiger partial charge >= 0.3 is 6.03 Å². The van der Waals surface area contributed by atoms with Gasteiger partial charge in [-0.1, -0.05) is 11.1 Å². The number of urea groups is 1. The van der Waals surface area contributed by atoms with E-state index in [1.807, 2.05) is 0 Å². The average Bonchev–Trinajstić information content (AvgIpc) is 3.69. The van der Waals surface area contributed by atoms with Gasteiger partial charge in [0.05, 0.1) is 12.5 Å². The lowest BCUT2D eigenvalue weighted by Crippen LogP contribution is -2.58. The lowest BCUT2D eigenvalue weighted by atomic mass is 10.1. The van der Waals surface area contributed by atoms with Gasteiger partial charge in [-0.2, -0.15) is 4.98 Å². The molecule has 2 N–H and O–H groups in total. The van der Waals surface area contributed by atoms with Crippen LogP contribution in [0.5, 0.6) is 0 Å². The molecule has 4 rings (SSSR count). The van der Waals surface area contributed by atoms with E-state index in [1.54, 1.807) is 0 Å². The summed E-state index contributed by atoms with van der Waals surface area (Å²) in [5, 5.41) is 8.70. The van der Waals surface area contributed by atoms with E-state index in [9.17, 15) is 23.2 Å². The summed E-state index contributed by atoms with van der Waals surface area (Å²) in [6, 6.07) is -2.03. The van der Waals surface area contributed by atoms with E-state index in [1.165, 1.54) is 11.8 Å². The third-order valence-electron chi connectivity index (χ3n) is 6.24. The highest BCUT2D eigenvalue weighted by atomic mass is 19.3. The molecule has 0 aromatic carbocycles. The van der Waals surface area contributed by atoms with Crippen LogP contribution in [0.1, 0.15) is 62.0 Å². The number of nitrogens with zero attached hydrogens (tertiary/aromatic N) is 3. The van der Waals surface area contributed by atoms with E-state index in [2.05, 4.69) is 32.6 Å². The molecule has 1 aromatic heterocycles. The highest BCUT2D eigenvalue weighted by Gasteiger charge is 2.69. The molecule has 1 saturated heterocycles. The Bertz CT molecular complexity index is 1020. The molecule has 34 heavy (non-hydrogen) atoms. The Morgan fingerprint density at radius 3 is 2.68 bits per heavy atom. The fraction of sp³-hybridized carbons (Fsp3) is 0.682. The maximum Gasteiger partial charge on any atom is 0.318 e. The van der Waals surface area contributed by atoms with Crippen LogP contribution >= 0.6 is 0 Å². The second kappa shape index (κ2) is 9.29. The van der Waals surface area contributed by atoms with Crippen molar-refractivity contribution in [3.8, 4) is 11.8 Å². The molecule has 2 unspecified atom stereocenters. The summed E-state index contributed by atoms with van der Waals surface area (Å²) in [5.74, 6) is -0.961. The minimum atomic E-state index is -3.23. The number of carbonyl (C=O) groups excluding carboxylic acids is 3. The molecule has 0 radical (unpaired) electrons. The fourth-order valence-electron chi connectivity index (χ4n) is 4.08. The van der Waals surface area contributed by atoms with Crippen LogP contribution in [0.4, 0.5) is 13.6 Å². The van der Waals surface area contributed by atoms with E-state index in [4.69, 9.17) is 9.26 Å². The Kier molecular flexibility index (Phi) is 6.58. The number of nitrogens with one attached hydrogen (secondary N) is 2. The van der Waals surface area contributed by atoms with E-state index < -0.39 is 41.1 Å². The molecule has 3 fully saturated rings. The van der Waals surface area contributed by atoms with Crippen molar-refractivity contribution in [2.24, 2.45) is 5.92 Å². The summed E-state index contributed by atoms with van der Waals surface area (Å²) in [4.78, 5) is 44.5. The first-order valence-electron chi connectivity index (χ1n) is 11.3. The van der Waals surface area contributed by atoms with Crippen LogP contribution in [0.25, 0.3) is 0 Å². The van der Waals surface area contributed by atoms with Crippen molar-refractivity contribution < 1.29 is 32.4 Å². The zero-order chi connectivity index (χ0) is 24.5. The third kappa shape index (κ3) is 5.04. The van der Waals surface area contributed by atoms with Crippen LogP contribution in [-0.4, -0.2) is 76.6 Å². The van der Waals surface area contributed by atoms with Crippen molar-refractivity contribution in [2.45, 2.75) is 63.0 Å². The second-order valence-corrected chi connectivity index (χ2v) is 8.96. The third-order valence-corrected chi connectivity index (χ3v) is 6.24. The minimum Gasteiger partial charge on any atom is -0.380 e. The van der Waals surface area contributed by atoms with Gasteiger partial charge in [0.1, 0.15) is 5.54 Å². The number of Topliss-reactive ketones (excluding diaryl/α,β-unsaturated/α-hetero) is 1. The quantitative estimate of drug-likeness (QED) is 0.448. The highest BCUT2D eigenvalue weighted by molar-refractivity contribution is 6.03. The first-order valence-corrected chi connectivity index (χ1v) is 11.3. The molecule has 3 aliphatic rings. The molecule has 3 atom stereocenters. The smallest absolute Gasteiger partial charge is 0.318 e. The highest BCUT2D eigenvalue weighted by Crippen LogP contribution is 2.53. The van der Waals surface area contributed by atoms with Gasteiger partial charge in [-0.3, -0.25) is 9.59 Å². The molecule has 12 heteroatoms. The standard InChI is InChI=1S/C22H27F2N5O5/c1-3-5-14(16(30)18-26-17(28-34-18)13-6-7-13)25-19(31)22(12-15(22)21(2,23)24)27-20(32)29-8-4-10-33-11-9-29/h13-15H,4,6-12H2,1-2H3,(H,25,31)(H,27,32)/t14?,15?,22-/m1/s1. The van der Waals surface area contributed by atoms with Crippen LogP contribution in [0.3, 0.4) is 0 Å². The fourth-order valence-corrected chi connectivity index (χ4v) is 4.08. The monoisotopic (exact) mass is 479 g/mol. The molecule has 2 aliphatic carbocycles. The summed E-state index contributed by atoms with van der Waals surface area (Å²) in [5.41, 5.74) is -1.87. The van der Waals surface area contributed by atoms with Gasteiger partial charge in [0, 0.05) is 25.6 Å². The summed E-state index contributed by atoms with van der Waals surface area (Å²) in [7, 11) is 0. The molecule has 10 nitrogen and oxygen atoms in total. The van der Waals surface area contributed by atoms with Crippen LogP contribution in [0.15, 0.2) is 4.52 Å². The van der Waals surface area contributed by atoms with Crippen molar-refractivity contribution >= 4 is 17.7 Å². The lowest BCUT2D eigenvalue weighted by molar-refractivity contribution is -0.126. The van der Waals surface area contributed by atoms with E-state index >= 15 is 0 Å². The largest absolute Gasteiger partial charge is 0.380 e. The number of alkyl halides is 2. The number of ketones is 1. The van der Waals surface area contributed by atoms with Gasteiger partial charge in [0.2, 0.25) is 5.91 Å². The topological polar surface area (TPSA) is 127 Å². The lowest BCUT2D eigenvalue weighted by Gasteiger charge is -2.27. The van der Waals surface area contributed by atoms with E-state index in [0.717, 1.165) is 12.8 Å². The van der Waals surface area contributed by atoms with Crippen LogP contribution < -0.4 is 10.6 Å². The van der Waals surface area contributed by atoms with Crippen LogP contribution in [0.2, 0.25) is 0 Å². The number of hydrogen-bond donors (Lipinski definition) is 2. The normalized spacial score (nSPS) is 25.4. The number of amides is 3. The first kappa shape index (κ1) is 24.1. The molecule has 1 aliphatic heterocycles. The van der Waals surface area contributed by atoms with Crippen LogP contribution in [0, 0.1) is 17.8 Å². The number of hydrogen-bond acceptors (Lipinski definition) is 7. The Morgan fingerprint density at radius 1 is 1.26 bits per heavy atom. The minimum absolute atomic E-state index is 0.150. The van der Waals surface area contributed by atoms with Crippen molar-refractivity contribution in [1.29, 1.82) is 0 Å². The molecule has 1 aromatic rings. The number of rotatable bonds is 7. The Hall–Kier alpha value is -3.07. The number of carbonyl (C=O) groups is 3. The SMILES string of the molecule is CC#CC(NC(=O)[C@@]1(NC(=O)N2CCCOCC2)CC1C(C)(F)F)C(=O)c1nc(C2CC2)no1. The molecule has 0 spiro atoms. The van der Waals surface area contributed by atoms with E-state index in [-0.39, 0.29) is 24.8 Å². The summed E-state index contributed by atoms with van der Waals surface area (Å²) >= 11 is 0. The predicted molar refractivity (Wildman–Crippen MR) is 113 cm³/mol. The average molecular weight is 479 g/mol. The molecule has 184 valence electrons. The molecule has 2 heterocycles. The maximum atomic E-state index is 14.2. The number of aromatic nitrogens is 2. The van der Waals surface area contributed by atoms with Gasteiger partial charge in [0.15, 0.2) is 11.9 Å². The molecule has 2 saturated carbocycles. The molecular formula is C22H27F2N5O5. The molecule has 0 bridgehead atoms. The van der Waals surface area contributed by atoms with Gasteiger partial charge in [0.25, 0.3) is 17.6 Å². The summed E-state index contributed by atoms with van der Waals surface area (Å²) in [6.07, 6.45) is 2.13. The van der Waals surface area contributed by atoms with Gasteiger partial charge in [-0.25, -0.2) is 13.6 Å². The maximum absolute atomic E-state index is 14.2. The van der Waals surface area contributed by atoms with E-state index in [0.29, 0.717) is 38.9 Å². The second-order valence-electron chi connectivity index (χ2n) is 8.96. The Labute approximate surface area is 195 Å². The number of halogens is 2. The Morgan fingerprint density at radius 2 is 2.03 bits per heavy atom. The first-order chi connectivity index (χ1) is 16.2. The summed E-state index contributed by atoms with van der Waals surface area (Å²) < 4.78 is 38.8. The van der Waals surface area contributed by atoms with Crippen LogP contribution in [-0.2, 0) is 9.53 Å². The number of ether oxygens (including phenoxy) is 1. The van der Waals surface area contributed by atoms with Crippen molar-refractivity contribution in [1.82, 2.24) is 25.7 Å². The molecule has 3 amide bonds. The summed E-state index contributed by atoms with van der Waals surface area (Å²) in [6.45, 7) is 3.62. The Balaban J connectivity index is 1.51. The zero-order valence-corrected chi connectivity index (χ0v) is 19.0. The zero-order valence-electron chi connectivity index (χ0n) is 19.0. The van der Waals surface area contributed by atoms with Gasteiger partial charge in [-0.05, 0) is 39.5 Å². The molecular weight excluding hydrogens is 452 g/mol. The van der Waals surface area contributed by atoms with Crippen molar-refractivity contribution in [3.05, 3.63) is 11.7 Å². The van der Waals surface area contributed by atoms with Gasteiger partial charge < -0.3 is 24.8 Å².